The molecule has 1 saturated heterocycles. The maximum atomic E-state index is 12.5. The molecule has 3 heteroatoms. The van der Waals surface area contributed by atoms with Crippen molar-refractivity contribution in [1.82, 2.24) is 4.90 Å². The summed E-state index contributed by atoms with van der Waals surface area (Å²) in [6.07, 6.45) is 2.09. The van der Waals surface area contributed by atoms with E-state index in [1.165, 1.54) is 5.56 Å². The van der Waals surface area contributed by atoms with E-state index in [2.05, 4.69) is 17.4 Å². The van der Waals surface area contributed by atoms with Crippen LogP contribution in [0, 0.1) is 6.92 Å². The molecule has 1 unspecified atom stereocenters. The second kappa shape index (κ2) is 6.00. The molecule has 0 saturated carbocycles. The van der Waals surface area contributed by atoms with Gasteiger partial charge in [-0.3, -0.25) is 0 Å². The van der Waals surface area contributed by atoms with E-state index in [-0.39, 0.29) is 12.1 Å². The Morgan fingerprint density at radius 3 is 2.71 bits per heavy atom. The summed E-state index contributed by atoms with van der Waals surface area (Å²) < 4.78 is 0. The van der Waals surface area contributed by atoms with Gasteiger partial charge in [0.1, 0.15) is 0 Å². The van der Waals surface area contributed by atoms with Gasteiger partial charge in [0, 0.05) is 12.2 Å². The van der Waals surface area contributed by atoms with Gasteiger partial charge in [0.05, 0.1) is 6.04 Å². The van der Waals surface area contributed by atoms with Gasteiger partial charge in [0.2, 0.25) is 0 Å². The average Bonchev–Trinajstić information content (AvgIpc) is 2.98. The molecule has 2 aromatic rings. The topological polar surface area (TPSA) is 32.3 Å². The summed E-state index contributed by atoms with van der Waals surface area (Å²) in [5.41, 5.74) is 3.22. The summed E-state index contributed by atoms with van der Waals surface area (Å²) in [6.45, 7) is 2.84. The van der Waals surface area contributed by atoms with Crippen molar-refractivity contribution in [2.24, 2.45) is 0 Å². The Balaban J connectivity index is 1.74. The van der Waals surface area contributed by atoms with Gasteiger partial charge in [-0.25, -0.2) is 4.79 Å². The zero-order chi connectivity index (χ0) is 14.7. The molecule has 1 N–H and O–H groups in total. The second-order valence-corrected chi connectivity index (χ2v) is 5.56. The standard InChI is InChI=1S/C18H20N2O/c1-14-7-5-10-16(13-14)19-18(21)20-12-6-11-17(20)15-8-3-2-4-9-15/h2-5,7-10,13,17H,6,11-12H2,1H3,(H,19,21). The predicted octanol–water partition coefficient (Wildman–Crippen LogP) is 4.36. The van der Waals surface area contributed by atoms with E-state index in [9.17, 15) is 4.79 Å². The van der Waals surface area contributed by atoms with Crippen LogP contribution in [0.4, 0.5) is 10.5 Å². The number of anilines is 1. The first kappa shape index (κ1) is 13.7. The van der Waals surface area contributed by atoms with Gasteiger partial charge in [-0.1, -0.05) is 42.5 Å². The zero-order valence-electron chi connectivity index (χ0n) is 12.3. The van der Waals surface area contributed by atoms with Crippen LogP contribution in [-0.2, 0) is 0 Å². The summed E-state index contributed by atoms with van der Waals surface area (Å²) in [6, 6.07) is 18.4. The lowest BCUT2D eigenvalue weighted by Gasteiger charge is -2.25. The number of amides is 2. The molecule has 1 atom stereocenters. The van der Waals surface area contributed by atoms with E-state index in [0.29, 0.717) is 0 Å². The summed E-state index contributed by atoms with van der Waals surface area (Å²) >= 11 is 0. The third-order valence-electron chi connectivity index (χ3n) is 3.97. The number of benzene rings is 2. The highest BCUT2D eigenvalue weighted by molar-refractivity contribution is 5.89. The van der Waals surface area contributed by atoms with Crippen molar-refractivity contribution in [1.29, 1.82) is 0 Å². The highest BCUT2D eigenvalue weighted by Crippen LogP contribution is 2.32. The normalized spacial score (nSPS) is 17.8. The van der Waals surface area contributed by atoms with Crippen molar-refractivity contribution in [2.75, 3.05) is 11.9 Å². The fourth-order valence-corrected chi connectivity index (χ4v) is 2.95. The minimum absolute atomic E-state index is 0.00745. The number of carbonyl (C=O) groups is 1. The van der Waals surface area contributed by atoms with Crippen molar-refractivity contribution < 1.29 is 4.79 Å². The van der Waals surface area contributed by atoms with E-state index in [1.54, 1.807) is 0 Å². The number of carbonyl (C=O) groups excluding carboxylic acids is 1. The number of nitrogens with zero attached hydrogens (tertiary/aromatic N) is 1. The molecule has 0 radical (unpaired) electrons. The monoisotopic (exact) mass is 280 g/mol. The van der Waals surface area contributed by atoms with Crippen LogP contribution in [-0.4, -0.2) is 17.5 Å². The highest BCUT2D eigenvalue weighted by atomic mass is 16.2. The SMILES string of the molecule is Cc1cccc(NC(=O)N2CCCC2c2ccccc2)c1. The number of likely N-dealkylation sites (tertiary alicyclic amines) is 1. The molecule has 1 heterocycles. The maximum Gasteiger partial charge on any atom is 0.322 e. The molecule has 1 aliphatic heterocycles. The molecule has 0 aromatic heterocycles. The third-order valence-corrected chi connectivity index (χ3v) is 3.97. The lowest BCUT2D eigenvalue weighted by Crippen LogP contribution is -2.34. The molecular weight excluding hydrogens is 260 g/mol. The molecule has 21 heavy (non-hydrogen) atoms. The first-order chi connectivity index (χ1) is 10.2. The van der Waals surface area contributed by atoms with Crippen LogP contribution in [0.5, 0.6) is 0 Å². The van der Waals surface area contributed by atoms with Crippen LogP contribution in [0.2, 0.25) is 0 Å². The summed E-state index contributed by atoms with van der Waals surface area (Å²) in [4.78, 5) is 14.5. The van der Waals surface area contributed by atoms with Crippen LogP contribution in [0.3, 0.4) is 0 Å². The molecule has 3 rings (SSSR count). The zero-order valence-corrected chi connectivity index (χ0v) is 12.3. The van der Waals surface area contributed by atoms with Gasteiger partial charge in [-0.2, -0.15) is 0 Å². The minimum atomic E-state index is -0.00745. The number of urea groups is 1. The van der Waals surface area contributed by atoms with Crippen LogP contribution in [0.15, 0.2) is 54.6 Å². The minimum Gasteiger partial charge on any atom is -0.317 e. The van der Waals surface area contributed by atoms with Crippen molar-refractivity contribution in [3.8, 4) is 0 Å². The second-order valence-electron chi connectivity index (χ2n) is 5.56. The average molecular weight is 280 g/mol. The van der Waals surface area contributed by atoms with E-state index in [4.69, 9.17) is 0 Å². The number of hydrogen-bond acceptors (Lipinski definition) is 1. The van der Waals surface area contributed by atoms with Crippen molar-refractivity contribution in [3.63, 3.8) is 0 Å². The van der Waals surface area contributed by atoms with Gasteiger partial charge in [0.15, 0.2) is 0 Å². The Kier molecular flexibility index (Phi) is 3.91. The van der Waals surface area contributed by atoms with E-state index >= 15 is 0 Å². The van der Waals surface area contributed by atoms with Gasteiger partial charge in [-0.05, 0) is 43.0 Å². The lowest BCUT2D eigenvalue weighted by atomic mass is 10.1. The van der Waals surface area contributed by atoms with Gasteiger partial charge in [0.25, 0.3) is 0 Å². The molecular formula is C18H20N2O. The molecule has 1 aliphatic rings. The predicted molar refractivity (Wildman–Crippen MR) is 85.3 cm³/mol. The van der Waals surface area contributed by atoms with E-state index in [1.807, 2.05) is 54.3 Å². The fourth-order valence-electron chi connectivity index (χ4n) is 2.95. The Hall–Kier alpha value is -2.29. The highest BCUT2D eigenvalue weighted by Gasteiger charge is 2.29. The molecule has 0 bridgehead atoms. The van der Waals surface area contributed by atoms with Crippen molar-refractivity contribution >= 4 is 11.7 Å². The van der Waals surface area contributed by atoms with Crippen LogP contribution in [0.1, 0.15) is 30.0 Å². The van der Waals surface area contributed by atoms with Crippen LogP contribution >= 0.6 is 0 Å². The molecule has 2 aromatic carbocycles. The summed E-state index contributed by atoms with van der Waals surface area (Å²) in [5, 5.41) is 3.01. The number of rotatable bonds is 2. The number of aryl methyl sites for hydroxylation is 1. The van der Waals surface area contributed by atoms with Crippen LogP contribution in [0.25, 0.3) is 0 Å². The van der Waals surface area contributed by atoms with Crippen molar-refractivity contribution in [3.05, 3.63) is 65.7 Å². The Morgan fingerprint density at radius 1 is 1.14 bits per heavy atom. The first-order valence-corrected chi connectivity index (χ1v) is 7.43. The lowest BCUT2D eigenvalue weighted by molar-refractivity contribution is 0.207. The Morgan fingerprint density at radius 2 is 1.95 bits per heavy atom. The van der Waals surface area contributed by atoms with Crippen molar-refractivity contribution in [2.45, 2.75) is 25.8 Å². The van der Waals surface area contributed by atoms with Gasteiger partial charge in [-0.15, -0.1) is 0 Å². The smallest absolute Gasteiger partial charge is 0.317 e. The van der Waals surface area contributed by atoms with Gasteiger partial charge < -0.3 is 10.2 Å². The molecule has 2 amide bonds. The molecule has 1 fully saturated rings. The summed E-state index contributed by atoms with van der Waals surface area (Å²) in [5.74, 6) is 0. The Bertz CT molecular complexity index is 624. The molecule has 3 nitrogen and oxygen atoms in total. The maximum absolute atomic E-state index is 12.5. The quantitative estimate of drug-likeness (QED) is 0.870. The fraction of sp³-hybridized carbons (Fsp3) is 0.278. The Labute approximate surface area is 125 Å². The van der Waals surface area contributed by atoms with E-state index in [0.717, 1.165) is 30.6 Å². The number of nitrogens with one attached hydrogen (secondary N) is 1. The molecule has 0 spiro atoms. The molecule has 108 valence electrons. The third kappa shape index (κ3) is 3.07. The molecule has 0 aliphatic carbocycles. The van der Waals surface area contributed by atoms with Gasteiger partial charge >= 0.3 is 6.03 Å². The van der Waals surface area contributed by atoms with E-state index < -0.39 is 0 Å². The summed E-state index contributed by atoms with van der Waals surface area (Å²) in [7, 11) is 0. The largest absolute Gasteiger partial charge is 0.322 e. The number of hydrogen-bond donors (Lipinski definition) is 1. The van der Waals surface area contributed by atoms with Crippen LogP contribution < -0.4 is 5.32 Å². The first-order valence-electron chi connectivity index (χ1n) is 7.43.